The summed E-state index contributed by atoms with van der Waals surface area (Å²) in [6, 6.07) is 7.03. The molecule has 6 nitrogen and oxygen atoms in total. The summed E-state index contributed by atoms with van der Waals surface area (Å²) in [6.07, 6.45) is 0.0314. The van der Waals surface area contributed by atoms with Crippen LogP contribution in [0.25, 0.3) is 0 Å². The largest absolute Gasteiger partial charge is 0.497 e. The Bertz CT molecular complexity index is 445. The molecule has 0 aliphatic rings. The molecule has 20 heavy (non-hydrogen) atoms. The molecular formula is C14H20N2O4. The lowest BCUT2D eigenvalue weighted by Gasteiger charge is -2.18. The van der Waals surface area contributed by atoms with Gasteiger partial charge in [0.25, 0.3) is 0 Å². The summed E-state index contributed by atoms with van der Waals surface area (Å²) in [5.41, 5.74) is 0.685. The number of carboxylic acid groups (broad SMARTS) is 1. The van der Waals surface area contributed by atoms with Gasteiger partial charge in [0.2, 0.25) is 5.91 Å². The topological polar surface area (TPSA) is 78.9 Å². The van der Waals surface area contributed by atoms with Crippen LogP contribution in [0.2, 0.25) is 0 Å². The van der Waals surface area contributed by atoms with Crippen molar-refractivity contribution < 1.29 is 19.4 Å². The van der Waals surface area contributed by atoms with Crippen molar-refractivity contribution in [1.29, 1.82) is 0 Å². The maximum absolute atomic E-state index is 11.8. The first-order valence-electron chi connectivity index (χ1n) is 6.43. The molecule has 0 aliphatic carbocycles. The van der Waals surface area contributed by atoms with Crippen molar-refractivity contribution in [2.75, 3.05) is 32.1 Å². The Labute approximate surface area is 118 Å². The number of likely N-dealkylation sites (N-methyl/N-ethyl adjacent to an activating group) is 1. The number of nitrogens with one attached hydrogen (secondary N) is 1. The van der Waals surface area contributed by atoms with E-state index in [1.54, 1.807) is 36.3 Å². The predicted octanol–water partition coefficient (Wildman–Crippen LogP) is 1.43. The molecule has 1 aromatic rings. The Balaban J connectivity index is 2.46. The van der Waals surface area contributed by atoms with E-state index in [1.165, 1.54) is 0 Å². The van der Waals surface area contributed by atoms with Crippen molar-refractivity contribution in [3.8, 4) is 5.75 Å². The van der Waals surface area contributed by atoms with E-state index in [0.717, 1.165) is 5.75 Å². The van der Waals surface area contributed by atoms with Crippen LogP contribution in [0.15, 0.2) is 24.3 Å². The number of ether oxygens (including phenoxy) is 1. The molecule has 1 rings (SSSR count). The molecule has 0 unspecified atom stereocenters. The van der Waals surface area contributed by atoms with Crippen molar-refractivity contribution in [2.45, 2.75) is 13.3 Å². The van der Waals surface area contributed by atoms with Crippen LogP contribution in [-0.4, -0.2) is 48.6 Å². The predicted molar refractivity (Wildman–Crippen MR) is 76.0 cm³/mol. The summed E-state index contributed by atoms with van der Waals surface area (Å²) >= 11 is 0. The molecule has 2 N–H and O–H groups in total. The minimum absolute atomic E-state index is 0.0314. The third-order valence-electron chi connectivity index (χ3n) is 2.83. The third-order valence-corrected chi connectivity index (χ3v) is 2.83. The number of carboxylic acids is 1. The summed E-state index contributed by atoms with van der Waals surface area (Å²) in [5.74, 6) is -0.305. The molecule has 6 heteroatoms. The molecule has 0 saturated heterocycles. The number of hydrogen-bond donors (Lipinski definition) is 2. The first kappa shape index (κ1) is 16.0. The molecule has 0 bridgehead atoms. The van der Waals surface area contributed by atoms with Crippen LogP contribution in [-0.2, 0) is 9.59 Å². The van der Waals surface area contributed by atoms with E-state index in [2.05, 4.69) is 5.32 Å². The first-order chi connectivity index (χ1) is 9.55. The van der Waals surface area contributed by atoms with Gasteiger partial charge in [-0.25, -0.2) is 0 Å². The van der Waals surface area contributed by atoms with Crippen molar-refractivity contribution in [3.63, 3.8) is 0 Å². The lowest BCUT2D eigenvalue weighted by atomic mass is 10.3. The van der Waals surface area contributed by atoms with E-state index in [9.17, 15) is 9.59 Å². The molecule has 0 heterocycles. The average molecular weight is 280 g/mol. The number of rotatable bonds is 8. The standard InChI is InChI=1S/C14H20N2O4/c1-3-16(9-8-14(18)19)10-13(17)15-11-4-6-12(20-2)7-5-11/h4-7H,3,8-10H2,1-2H3,(H,15,17)(H,18,19). The molecule has 1 aromatic carbocycles. The number of methoxy groups -OCH3 is 1. The number of benzene rings is 1. The van der Waals surface area contributed by atoms with Gasteiger partial charge in [0, 0.05) is 12.2 Å². The lowest BCUT2D eigenvalue weighted by Crippen LogP contribution is -2.34. The summed E-state index contributed by atoms with van der Waals surface area (Å²) in [4.78, 5) is 24.2. The molecule has 0 aliphatic heterocycles. The van der Waals surface area contributed by atoms with E-state index < -0.39 is 5.97 Å². The molecule has 110 valence electrons. The van der Waals surface area contributed by atoms with Crippen LogP contribution in [0, 0.1) is 0 Å². The molecule has 1 amide bonds. The fourth-order valence-electron chi connectivity index (χ4n) is 1.68. The molecule has 0 atom stereocenters. The highest BCUT2D eigenvalue weighted by Gasteiger charge is 2.10. The van der Waals surface area contributed by atoms with Gasteiger partial charge in [0.1, 0.15) is 5.75 Å². The Kier molecular flexibility index (Phi) is 6.52. The van der Waals surface area contributed by atoms with Gasteiger partial charge in [0.15, 0.2) is 0 Å². The van der Waals surface area contributed by atoms with Crippen LogP contribution in [0.5, 0.6) is 5.75 Å². The molecule has 0 aromatic heterocycles. The molecular weight excluding hydrogens is 260 g/mol. The van der Waals surface area contributed by atoms with Crippen molar-refractivity contribution in [3.05, 3.63) is 24.3 Å². The summed E-state index contributed by atoms with van der Waals surface area (Å²) in [7, 11) is 1.58. The number of nitrogens with zero attached hydrogens (tertiary/aromatic N) is 1. The number of carbonyl (C=O) groups excluding carboxylic acids is 1. The van der Waals surface area contributed by atoms with Gasteiger partial charge in [-0.2, -0.15) is 0 Å². The highest BCUT2D eigenvalue weighted by molar-refractivity contribution is 5.92. The maximum Gasteiger partial charge on any atom is 0.304 e. The SMILES string of the molecule is CCN(CCC(=O)O)CC(=O)Nc1ccc(OC)cc1. The summed E-state index contributed by atoms with van der Waals surface area (Å²) < 4.78 is 5.03. The number of aliphatic carboxylic acids is 1. The quantitative estimate of drug-likeness (QED) is 0.753. The van der Waals surface area contributed by atoms with Gasteiger partial charge < -0.3 is 15.2 Å². The van der Waals surface area contributed by atoms with Gasteiger partial charge in [-0.3, -0.25) is 14.5 Å². The molecule has 0 fully saturated rings. The Morgan fingerprint density at radius 1 is 1.30 bits per heavy atom. The van der Waals surface area contributed by atoms with E-state index >= 15 is 0 Å². The zero-order chi connectivity index (χ0) is 15.0. The smallest absolute Gasteiger partial charge is 0.304 e. The van der Waals surface area contributed by atoms with Gasteiger partial charge in [-0.05, 0) is 30.8 Å². The van der Waals surface area contributed by atoms with Crippen molar-refractivity contribution in [2.24, 2.45) is 0 Å². The number of carbonyl (C=O) groups is 2. The third kappa shape index (κ3) is 5.71. The zero-order valence-electron chi connectivity index (χ0n) is 11.8. The van der Waals surface area contributed by atoms with Gasteiger partial charge in [-0.1, -0.05) is 6.92 Å². The van der Waals surface area contributed by atoms with Crippen LogP contribution in [0.4, 0.5) is 5.69 Å². The maximum atomic E-state index is 11.8. The summed E-state index contributed by atoms with van der Waals surface area (Å²) in [6.45, 7) is 3.06. The minimum atomic E-state index is -0.862. The van der Waals surface area contributed by atoms with Gasteiger partial charge >= 0.3 is 5.97 Å². The normalized spacial score (nSPS) is 10.3. The monoisotopic (exact) mass is 280 g/mol. The highest BCUT2D eigenvalue weighted by atomic mass is 16.5. The number of anilines is 1. The molecule has 0 spiro atoms. The van der Waals surface area contributed by atoms with E-state index in [4.69, 9.17) is 9.84 Å². The van der Waals surface area contributed by atoms with Crippen LogP contribution >= 0.6 is 0 Å². The van der Waals surface area contributed by atoms with E-state index in [0.29, 0.717) is 18.8 Å². The second-order valence-corrected chi connectivity index (χ2v) is 4.29. The van der Waals surface area contributed by atoms with Crippen LogP contribution in [0.1, 0.15) is 13.3 Å². The number of amides is 1. The minimum Gasteiger partial charge on any atom is -0.497 e. The fraction of sp³-hybridized carbons (Fsp3) is 0.429. The Morgan fingerprint density at radius 2 is 1.95 bits per heavy atom. The van der Waals surface area contributed by atoms with Crippen LogP contribution in [0.3, 0.4) is 0 Å². The highest BCUT2D eigenvalue weighted by Crippen LogP contribution is 2.14. The fourth-order valence-corrected chi connectivity index (χ4v) is 1.68. The van der Waals surface area contributed by atoms with E-state index in [-0.39, 0.29) is 18.9 Å². The van der Waals surface area contributed by atoms with Crippen molar-refractivity contribution >= 4 is 17.6 Å². The zero-order valence-corrected chi connectivity index (χ0v) is 11.8. The van der Waals surface area contributed by atoms with Gasteiger partial charge in [0.05, 0.1) is 20.1 Å². The molecule has 0 radical (unpaired) electrons. The number of hydrogen-bond acceptors (Lipinski definition) is 4. The first-order valence-corrected chi connectivity index (χ1v) is 6.43. The van der Waals surface area contributed by atoms with E-state index in [1.807, 2.05) is 6.92 Å². The van der Waals surface area contributed by atoms with Gasteiger partial charge in [-0.15, -0.1) is 0 Å². The van der Waals surface area contributed by atoms with Crippen molar-refractivity contribution in [1.82, 2.24) is 4.90 Å². The average Bonchev–Trinajstić information content (AvgIpc) is 2.44. The second kappa shape index (κ2) is 8.16. The molecule has 0 saturated carbocycles. The second-order valence-electron chi connectivity index (χ2n) is 4.29. The lowest BCUT2D eigenvalue weighted by molar-refractivity contribution is -0.137. The Morgan fingerprint density at radius 3 is 2.45 bits per heavy atom. The Hall–Kier alpha value is -2.08. The summed E-state index contributed by atoms with van der Waals surface area (Å²) in [5, 5.41) is 11.4. The van der Waals surface area contributed by atoms with Crippen LogP contribution < -0.4 is 10.1 Å².